The Morgan fingerprint density at radius 2 is 1.82 bits per heavy atom. The molecule has 0 aromatic heterocycles. The Hall–Kier alpha value is -0.110. The third-order valence-corrected chi connectivity index (χ3v) is 1.87. The fraction of sp³-hybridized carbons (Fsp3) is 0.143. The van der Waals surface area contributed by atoms with Gasteiger partial charge >= 0.3 is 0 Å². The van der Waals surface area contributed by atoms with Crippen LogP contribution in [-0.2, 0) is 3.79 Å². The highest BCUT2D eigenvalue weighted by Gasteiger charge is 2.22. The topological polar surface area (TPSA) is 26.0 Å². The van der Waals surface area contributed by atoms with Gasteiger partial charge in [-0.1, -0.05) is 46.9 Å². The van der Waals surface area contributed by atoms with E-state index in [0.717, 1.165) is 0 Å². The molecule has 0 bridgehead atoms. The van der Waals surface area contributed by atoms with E-state index in [0.29, 0.717) is 11.3 Å². The van der Waals surface area contributed by atoms with Crippen LogP contribution in [0.3, 0.4) is 0 Å². The molecule has 0 saturated carbocycles. The summed E-state index contributed by atoms with van der Waals surface area (Å²) in [6.07, 6.45) is 0. The molecule has 2 N–H and O–H groups in total. The number of nitrogen functional groups attached to an aromatic ring is 1. The number of anilines is 1. The van der Waals surface area contributed by atoms with E-state index in [1.54, 1.807) is 24.3 Å². The van der Waals surface area contributed by atoms with Crippen LogP contribution >= 0.6 is 34.8 Å². The molecule has 1 nitrogen and oxygen atoms in total. The van der Waals surface area contributed by atoms with Gasteiger partial charge in [0, 0.05) is 11.3 Å². The van der Waals surface area contributed by atoms with Crippen molar-refractivity contribution in [2.24, 2.45) is 0 Å². The van der Waals surface area contributed by atoms with Gasteiger partial charge in [0.2, 0.25) is 3.79 Å². The van der Waals surface area contributed by atoms with Gasteiger partial charge in [0.05, 0.1) is 0 Å². The Bertz CT molecular complexity index is 254. The van der Waals surface area contributed by atoms with Crippen molar-refractivity contribution in [3.8, 4) is 0 Å². The zero-order valence-corrected chi connectivity index (χ0v) is 7.79. The molecule has 0 fully saturated rings. The molecule has 11 heavy (non-hydrogen) atoms. The van der Waals surface area contributed by atoms with Crippen molar-refractivity contribution in [3.05, 3.63) is 29.8 Å². The Morgan fingerprint density at radius 3 is 2.18 bits per heavy atom. The summed E-state index contributed by atoms with van der Waals surface area (Å²) >= 11 is 16.8. The highest BCUT2D eigenvalue weighted by atomic mass is 35.6. The van der Waals surface area contributed by atoms with Gasteiger partial charge in [0.1, 0.15) is 0 Å². The molecule has 1 aromatic carbocycles. The van der Waals surface area contributed by atoms with Crippen molar-refractivity contribution in [3.63, 3.8) is 0 Å². The average molecular weight is 210 g/mol. The molecular formula is C7H6Cl3N. The van der Waals surface area contributed by atoms with Gasteiger partial charge in [0.25, 0.3) is 0 Å². The van der Waals surface area contributed by atoms with E-state index in [9.17, 15) is 0 Å². The summed E-state index contributed by atoms with van der Waals surface area (Å²) in [7, 11) is 0. The molecule has 4 heteroatoms. The first kappa shape index (κ1) is 8.98. The molecule has 0 heterocycles. The minimum absolute atomic E-state index is 0.586. The van der Waals surface area contributed by atoms with Gasteiger partial charge in [0.15, 0.2) is 0 Å². The lowest BCUT2D eigenvalue weighted by Crippen LogP contribution is -2.00. The predicted molar refractivity (Wildman–Crippen MR) is 50.1 cm³/mol. The number of hydrogen-bond donors (Lipinski definition) is 1. The molecule has 0 aliphatic rings. The number of halogens is 3. The lowest BCUT2D eigenvalue weighted by atomic mass is 10.2. The fourth-order valence-corrected chi connectivity index (χ4v) is 1.07. The molecule has 0 radical (unpaired) electrons. The van der Waals surface area contributed by atoms with E-state index in [2.05, 4.69) is 0 Å². The largest absolute Gasteiger partial charge is 0.399 e. The number of rotatable bonds is 0. The second kappa shape index (κ2) is 3.10. The van der Waals surface area contributed by atoms with Crippen molar-refractivity contribution in [2.45, 2.75) is 3.79 Å². The van der Waals surface area contributed by atoms with Crippen LogP contribution in [0.15, 0.2) is 24.3 Å². The summed E-state index contributed by atoms with van der Waals surface area (Å²) in [5.41, 5.74) is 6.66. The minimum Gasteiger partial charge on any atom is -0.399 e. The van der Waals surface area contributed by atoms with Gasteiger partial charge in [-0.25, -0.2) is 0 Å². The Kier molecular flexibility index (Phi) is 2.53. The predicted octanol–water partition coefficient (Wildman–Crippen LogP) is 3.10. The Balaban J connectivity index is 3.06. The van der Waals surface area contributed by atoms with E-state index in [4.69, 9.17) is 40.5 Å². The maximum atomic E-state index is 5.61. The van der Waals surface area contributed by atoms with Crippen LogP contribution in [0, 0.1) is 0 Å². The van der Waals surface area contributed by atoms with E-state index >= 15 is 0 Å². The van der Waals surface area contributed by atoms with E-state index < -0.39 is 3.79 Å². The third kappa shape index (κ3) is 2.44. The molecule has 0 unspecified atom stereocenters. The number of nitrogens with two attached hydrogens (primary N) is 1. The van der Waals surface area contributed by atoms with Crippen molar-refractivity contribution in [1.82, 2.24) is 0 Å². The second-order valence-corrected chi connectivity index (χ2v) is 4.40. The molecule has 0 atom stereocenters. The molecule has 0 aliphatic carbocycles. The zero-order chi connectivity index (χ0) is 8.48. The lowest BCUT2D eigenvalue weighted by molar-refractivity contribution is 1.24. The normalized spacial score (nSPS) is 11.5. The summed E-state index contributed by atoms with van der Waals surface area (Å²) in [5, 5.41) is 0. The fourth-order valence-electron chi connectivity index (χ4n) is 0.715. The molecule has 1 aromatic rings. The summed E-state index contributed by atoms with van der Waals surface area (Å²) in [4.78, 5) is 0. The first-order valence-corrected chi connectivity index (χ1v) is 4.06. The highest BCUT2D eigenvalue weighted by molar-refractivity contribution is 6.66. The zero-order valence-electron chi connectivity index (χ0n) is 5.52. The molecule has 0 aliphatic heterocycles. The molecular weight excluding hydrogens is 204 g/mol. The van der Waals surface area contributed by atoms with Crippen LogP contribution in [0.1, 0.15) is 5.56 Å². The smallest absolute Gasteiger partial charge is 0.216 e. The first-order valence-electron chi connectivity index (χ1n) is 2.93. The van der Waals surface area contributed by atoms with Gasteiger partial charge in [-0.2, -0.15) is 0 Å². The number of benzene rings is 1. The van der Waals surface area contributed by atoms with Gasteiger partial charge in [-0.3, -0.25) is 0 Å². The summed E-state index contributed by atoms with van der Waals surface area (Å²) in [6, 6.07) is 6.82. The van der Waals surface area contributed by atoms with Crippen LogP contribution in [0.4, 0.5) is 5.69 Å². The van der Waals surface area contributed by atoms with Crippen LogP contribution in [0.5, 0.6) is 0 Å². The maximum absolute atomic E-state index is 5.61. The number of hydrogen-bond acceptors (Lipinski definition) is 1. The van der Waals surface area contributed by atoms with Crippen LogP contribution < -0.4 is 5.73 Å². The second-order valence-electron chi connectivity index (χ2n) is 2.12. The van der Waals surface area contributed by atoms with Crippen molar-refractivity contribution in [2.75, 3.05) is 5.73 Å². The SMILES string of the molecule is Nc1cccc(C(Cl)(Cl)Cl)c1. The molecule has 60 valence electrons. The summed E-state index contributed by atoms with van der Waals surface area (Å²) in [5.74, 6) is 0. The molecule has 1 rings (SSSR count). The van der Waals surface area contributed by atoms with Crippen LogP contribution in [-0.4, -0.2) is 0 Å². The lowest BCUT2D eigenvalue weighted by Gasteiger charge is -2.10. The highest BCUT2D eigenvalue weighted by Crippen LogP contribution is 2.38. The monoisotopic (exact) mass is 209 g/mol. The van der Waals surface area contributed by atoms with Crippen LogP contribution in [0.2, 0.25) is 0 Å². The molecule has 0 spiro atoms. The Morgan fingerprint density at radius 1 is 1.18 bits per heavy atom. The maximum Gasteiger partial charge on any atom is 0.216 e. The average Bonchev–Trinajstić information content (AvgIpc) is 1.86. The van der Waals surface area contributed by atoms with E-state index in [1.165, 1.54) is 0 Å². The van der Waals surface area contributed by atoms with Gasteiger partial charge in [-0.15, -0.1) is 0 Å². The number of alkyl halides is 3. The van der Waals surface area contributed by atoms with Crippen LogP contribution in [0.25, 0.3) is 0 Å². The standard InChI is InChI=1S/C7H6Cl3N/c8-7(9,10)5-2-1-3-6(11)4-5/h1-4H,11H2. The van der Waals surface area contributed by atoms with E-state index in [-0.39, 0.29) is 0 Å². The van der Waals surface area contributed by atoms with Crippen molar-refractivity contribution < 1.29 is 0 Å². The first-order chi connectivity index (χ1) is 5.00. The van der Waals surface area contributed by atoms with Gasteiger partial charge in [-0.05, 0) is 12.1 Å². The summed E-state index contributed by atoms with van der Waals surface area (Å²) < 4.78 is -1.38. The molecule has 0 amide bonds. The Labute approximate surface area is 80.0 Å². The van der Waals surface area contributed by atoms with E-state index in [1.807, 2.05) is 0 Å². The van der Waals surface area contributed by atoms with Gasteiger partial charge < -0.3 is 5.73 Å². The molecule has 0 saturated heterocycles. The van der Waals surface area contributed by atoms with Crippen molar-refractivity contribution in [1.29, 1.82) is 0 Å². The minimum atomic E-state index is -1.38. The van der Waals surface area contributed by atoms with Crippen molar-refractivity contribution >= 4 is 40.5 Å². The third-order valence-electron chi connectivity index (χ3n) is 1.21. The summed E-state index contributed by atoms with van der Waals surface area (Å²) in [6.45, 7) is 0. The quantitative estimate of drug-likeness (QED) is 0.517.